The molecule has 1 atom stereocenters. The fourth-order valence-corrected chi connectivity index (χ4v) is 2.57. The first kappa shape index (κ1) is 15.6. The number of likely N-dealkylation sites (tertiary alicyclic amines) is 1. The molecule has 1 saturated heterocycles. The van der Waals surface area contributed by atoms with Crippen LogP contribution in [-0.2, 0) is 11.2 Å². The van der Waals surface area contributed by atoms with E-state index in [1.165, 1.54) is 0 Å². The van der Waals surface area contributed by atoms with Gasteiger partial charge >= 0.3 is 6.09 Å². The zero-order chi connectivity index (χ0) is 15.7. The minimum absolute atomic E-state index is 0.288. The molecule has 0 aromatic heterocycles. The van der Waals surface area contributed by atoms with Crippen molar-refractivity contribution in [2.45, 2.75) is 44.8 Å². The summed E-state index contributed by atoms with van der Waals surface area (Å²) in [5.74, 6) is 0. The highest BCUT2D eigenvalue weighted by Crippen LogP contribution is 2.27. The summed E-state index contributed by atoms with van der Waals surface area (Å²) in [5.41, 5.74) is 5.97. The lowest BCUT2D eigenvalue weighted by Gasteiger charge is -2.26. The third-order valence-electron chi connectivity index (χ3n) is 3.47. The summed E-state index contributed by atoms with van der Waals surface area (Å²) in [5, 5.41) is 10.7. The van der Waals surface area contributed by atoms with Gasteiger partial charge in [-0.25, -0.2) is 4.79 Å². The van der Waals surface area contributed by atoms with E-state index in [4.69, 9.17) is 10.5 Å². The van der Waals surface area contributed by atoms with Crippen molar-refractivity contribution in [3.8, 4) is 0 Å². The van der Waals surface area contributed by atoms with Gasteiger partial charge in [0.25, 0.3) is 0 Å². The van der Waals surface area contributed by atoms with Crippen LogP contribution in [0.4, 0.5) is 10.5 Å². The number of hydrogen-bond acceptors (Lipinski definition) is 4. The van der Waals surface area contributed by atoms with Crippen molar-refractivity contribution < 1.29 is 14.6 Å². The van der Waals surface area contributed by atoms with Crippen molar-refractivity contribution in [3.63, 3.8) is 0 Å². The molecule has 5 nitrogen and oxygen atoms in total. The third-order valence-corrected chi connectivity index (χ3v) is 3.47. The topological polar surface area (TPSA) is 75.8 Å². The predicted octanol–water partition coefficient (Wildman–Crippen LogP) is 2.18. The van der Waals surface area contributed by atoms with Gasteiger partial charge in [-0.2, -0.15) is 0 Å². The van der Waals surface area contributed by atoms with Gasteiger partial charge < -0.3 is 20.5 Å². The number of carbonyl (C=O) groups is 1. The number of benzene rings is 1. The van der Waals surface area contributed by atoms with Crippen LogP contribution >= 0.6 is 0 Å². The van der Waals surface area contributed by atoms with Gasteiger partial charge in [0.15, 0.2) is 0 Å². The van der Waals surface area contributed by atoms with Crippen molar-refractivity contribution in [1.29, 1.82) is 0 Å². The van der Waals surface area contributed by atoms with Gasteiger partial charge in [-0.3, -0.25) is 0 Å². The Morgan fingerprint density at radius 2 is 2.19 bits per heavy atom. The van der Waals surface area contributed by atoms with Crippen LogP contribution in [-0.4, -0.2) is 40.4 Å². The number of β-amino-alcohol motifs (C(OH)–C–C–N with tert-alkyl or cyclic N) is 1. The molecule has 1 aromatic rings. The largest absolute Gasteiger partial charge is 0.444 e. The molecule has 0 aliphatic carbocycles. The van der Waals surface area contributed by atoms with Crippen LogP contribution in [0, 0.1) is 0 Å². The number of rotatable bonds is 2. The summed E-state index contributed by atoms with van der Waals surface area (Å²) in [6.45, 7) is 6.30. The van der Waals surface area contributed by atoms with E-state index in [1.807, 2.05) is 45.0 Å². The van der Waals surface area contributed by atoms with Crippen molar-refractivity contribution in [2.75, 3.05) is 18.8 Å². The highest BCUT2D eigenvalue weighted by molar-refractivity contribution is 5.68. The summed E-state index contributed by atoms with van der Waals surface area (Å²) in [6, 6.07) is 7.47. The molecule has 1 heterocycles. The Balaban J connectivity index is 1.98. The van der Waals surface area contributed by atoms with Crippen LogP contribution in [0.5, 0.6) is 0 Å². The van der Waals surface area contributed by atoms with Crippen LogP contribution in [0.1, 0.15) is 32.8 Å². The molecule has 1 aromatic carbocycles. The molecule has 0 saturated carbocycles. The van der Waals surface area contributed by atoms with E-state index >= 15 is 0 Å². The van der Waals surface area contributed by atoms with E-state index in [1.54, 1.807) is 4.90 Å². The van der Waals surface area contributed by atoms with E-state index in [-0.39, 0.29) is 12.6 Å². The molecule has 1 amide bonds. The van der Waals surface area contributed by atoms with Crippen LogP contribution in [0.3, 0.4) is 0 Å². The number of nitrogen functional groups attached to an aromatic ring is 1. The Morgan fingerprint density at radius 1 is 1.48 bits per heavy atom. The smallest absolute Gasteiger partial charge is 0.410 e. The van der Waals surface area contributed by atoms with Crippen LogP contribution in [0.2, 0.25) is 0 Å². The molecule has 116 valence electrons. The van der Waals surface area contributed by atoms with Crippen molar-refractivity contribution in [3.05, 3.63) is 29.8 Å². The Labute approximate surface area is 125 Å². The summed E-state index contributed by atoms with van der Waals surface area (Å²) in [4.78, 5) is 13.6. The Kier molecular flexibility index (Phi) is 4.14. The summed E-state index contributed by atoms with van der Waals surface area (Å²) >= 11 is 0. The molecule has 3 N–H and O–H groups in total. The number of nitrogens with zero attached hydrogens (tertiary/aromatic N) is 1. The van der Waals surface area contributed by atoms with Crippen LogP contribution < -0.4 is 5.73 Å². The number of amides is 1. The van der Waals surface area contributed by atoms with Crippen molar-refractivity contribution >= 4 is 11.8 Å². The molecule has 1 unspecified atom stereocenters. The molecule has 21 heavy (non-hydrogen) atoms. The SMILES string of the molecule is CC(C)(C)OC(=O)N1CCC(O)(Cc2cccc(N)c2)C1. The summed E-state index contributed by atoms with van der Waals surface area (Å²) in [7, 11) is 0. The first-order valence-electron chi connectivity index (χ1n) is 7.22. The number of ether oxygens (including phenoxy) is 1. The molecule has 1 aliphatic heterocycles. The summed E-state index contributed by atoms with van der Waals surface area (Å²) in [6.07, 6.45) is 0.657. The number of hydrogen-bond donors (Lipinski definition) is 2. The van der Waals surface area contributed by atoms with Gasteiger partial charge in [-0.1, -0.05) is 12.1 Å². The highest BCUT2D eigenvalue weighted by atomic mass is 16.6. The monoisotopic (exact) mass is 292 g/mol. The van der Waals surface area contributed by atoms with E-state index in [2.05, 4.69) is 0 Å². The molecule has 0 bridgehead atoms. The van der Waals surface area contributed by atoms with E-state index in [0.29, 0.717) is 25.1 Å². The lowest BCUT2D eigenvalue weighted by molar-refractivity contribution is 0.0153. The second-order valence-corrected chi connectivity index (χ2v) is 6.80. The van der Waals surface area contributed by atoms with Crippen LogP contribution in [0.25, 0.3) is 0 Å². The minimum atomic E-state index is -0.912. The fraction of sp³-hybridized carbons (Fsp3) is 0.562. The van der Waals surface area contributed by atoms with Crippen molar-refractivity contribution in [1.82, 2.24) is 4.90 Å². The van der Waals surface area contributed by atoms with Gasteiger partial charge in [0.2, 0.25) is 0 Å². The van der Waals surface area contributed by atoms with E-state index < -0.39 is 11.2 Å². The number of anilines is 1. The quantitative estimate of drug-likeness (QED) is 0.819. The lowest BCUT2D eigenvalue weighted by atomic mass is 9.93. The second kappa shape index (κ2) is 5.56. The molecular weight excluding hydrogens is 268 g/mol. The fourth-order valence-electron chi connectivity index (χ4n) is 2.57. The first-order chi connectivity index (χ1) is 9.67. The number of nitrogens with two attached hydrogens (primary N) is 1. The first-order valence-corrected chi connectivity index (χ1v) is 7.22. The summed E-state index contributed by atoms with van der Waals surface area (Å²) < 4.78 is 5.34. The molecular formula is C16H24N2O3. The molecule has 5 heteroatoms. The normalized spacial score (nSPS) is 22.4. The Bertz CT molecular complexity index is 524. The average Bonchev–Trinajstić information content (AvgIpc) is 2.69. The second-order valence-electron chi connectivity index (χ2n) is 6.80. The van der Waals surface area contributed by atoms with Crippen molar-refractivity contribution in [2.24, 2.45) is 0 Å². The predicted molar refractivity (Wildman–Crippen MR) is 81.9 cm³/mol. The van der Waals surface area contributed by atoms with Gasteiger partial charge in [-0.05, 0) is 44.9 Å². The molecule has 2 rings (SSSR count). The molecule has 0 radical (unpaired) electrons. The average molecular weight is 292 g/mol. The molecule has 1 aliphatic rings. The molecule has 0 spiro atoms. The molecule has 1 fully saturated rings. The van der Waals surface area contributed by atoms with Gasteiger partial charge in [0.1, 0.15) is 5.60 Å². The maximum atomic E-state index is 12.0. The highest BCUT2D eigenvalue weighted by Gasteiger charge is 2.39. The minimum Gasteiger partial charge on any atom is -0.444 e. The van der Waals surface area contributed by atoms with Gasteiger partial charge in [0.05, 0.1) is 12.1 Å². The van der Waals surface area contributed by atoms with E-state index in [9.17, 15) is 9.90 Å². The lowest BCUT2D eigenvalue weighted by Crippen LogP contribution is -2.40. The maximum Gasteiger partial charge on any atom is 0.410 e. The van der Waals surface area contributed by atoms with Gasteiger partial charge in [0, 0.05) is 18.7 Å². The zero-order valence-corrected chi connectivity index (χ0v) is 12.9. The third kappa shape index (κ3) is 4.36. The van der Waals surface area contributed by atoms with Crippen LogP contribution in [0.15, 0.2) is 24.3 Å². The Morgan fingerprint density at radius 3 is 2.81 bits per heavy atom. The van der Waals surface area contributed by atoms with E-state index in [0.717, 1.165) is 5.56 Å². The zero-order valence-electron chi connectivity index (χ0n) is 12.9. The Hall–Kier alpha value is -1.75. The van der Waals surface area contributed by atoms with Gasteiger partial charge in [-0.15, -0.1) is 0 Å². The number of aliphatic hydroxyl groups is 1. The number of carbonyl (C=O) groups excluding carboxylic acids is 1. The maximum absolute atomic E-state index is 12.0. The standard InChI is InChI=1S/C16H24N2O3/c1-15(2,3)21-14(19)18-8-7-16(20,11-18)10-12-5-4-6-13(17)9-12/h4-6,9,20H,7-8,10-11,17H2,1-3H3.